The van der Waals surface area contributed by atoms with E-state index in [9.17, 15) is 5.21 Å². The van der Waals surface area contributed by atoms with Crippen molar-refractivity contribution in [2.75, 3.05) is 21.3 Å². The number of aromatic amines is 2. The lowest BCUT2D eigenvalue weighted by atomic mass is 10.0. The number of methoxy groups -OCH3 is 3. The molecule has 4 rings (SSSR count). The lowest BCUT2D eigenvalue weighted by Gasteiger charge is -2.14. The first-order chi connectivity index (χ1) is 14.2. The normalized spacial score (nSPS) is 11.6. The van der Waals surface area contributed by atoms with Gasteiger partial charge in [-0.1, -0.05) is 23.4 Å². The summed E-state index contributed by atoms with van der Waals surface area (Å²) in [6.45, 7) is 0. The van der Waals surface area contributed by atoms with Crippen LogP contribution in [0.3, 0.4) is 0 Å². The number of benzene rings is 2. The molecule has 0 saturated heterocycles. The highest BCUT2D eigenvalue weighted by Gasteiger charge is 2.19. The Hall–Kier alpha value is -3.87. The second-order valence-electron chi connectivity index (χ2n) is 6.41. The molecule has 0 saturated carbocycles. The highest BCUT2D eigenvalue weighted by Crippen LogP contribution is 2.39. The monoisotopic (exact) mass is 391 g/mol. The minimum atomic E-state index is 0.357. The van der Waals surface area contributed by atoms with E-state index in [1.54, 1.807) is 33.5 Å². The first-order valence-corrected chi connectivity index (χ1v) is 8.97. The Morgan fingerprint density at radius 2 is 1.62 bits per heavy atom. The first-order valence-electron chi connectivity index (χ1n) is 8.97. The Labute approximate surface area is 167 Å². The van der Waals surface area contributed by atoms with Crippen LogP contribution < -0.4 is 14.2 Å². The number of para-hydroxylation sites is 1. The molecule has 2 aromatic carbocycles. The Balaban J connectivity index is 1.77. The number of nitrogens with zero attached hydrogens (tertiary/aromatic N) is 1. The van der Waals surface area contributed by atoms with Crippen molar-refractivity contribution in [3.05, 3.63) is 66.1 Å². The number of fused-ring (bicyclic) bond motifs is 1. The molecule has 0 atom stereocenters. The van der Waals surface area contributed by atoms with Crippen LogP contribution in [0, 0.1) is 0 Å². The molecule has 0 unspecified atom stereocenters. The SMILES string of the molecule is COc1cc(C(=NO)c2cc(-c3c[nH]c4ccccc34)c[nH]2)cc(OC)c1OC. The summed E-state index contributed by atoms with van der Waals surface area (Å²) < 4.78 is 16.2. The lowest BCUT2D eigenvalue weighted by molar-refractivity contribution is 0.318. The van der Waals surface area contributed by atoms with Crippen molar-refractivity contribution < 1.29 is 19.4 Å². The topological polar surface area (TPSA) is 91.9 Å². The van der Waals surface area contributed by atoms with Gasteiger partial charge in [-0.2, -0.15) is 0 Å². The summed E-state index contributed by atoms with van der Waals surface area (Å²) in [6, 6.07) is 13.5. The van der Waals surface area contributed by atoms with Crippen molar-refractivity contribution in [3.8, 4) is 28.4 Å². The summed E-state index contributed by atoms with van der Waals surface area (Å²) in [5.74, 6) is 1.43. The molecule has 0 bridgehead atoms. The van der Waals surface area contributed by atoms with Gasteiger partial charge in [0, 0.05) is 40.0 Å². The van der Waals surface area contributed by atoms with Crippen molar-refractivity contribution in [1.29, 1.82) is 0 Å². The van der Waals surface area contributed by atoms with Crippen molar-refractivity contribution in [1.82, 2.24) is 9.97 Å². The fourth-order valence-corrected chi connectivity index (χ4v) is 3.48. The van der Waals surface area contributed by atoms with Gasteiger partial charge in [0.25, 0.3) is 0 Å². The van der Waals surface area contributed by atoms with Crippen molar-refractivity contribution in [3.63, 3.8) is 0 Å². The van der Waals surface area contributed by atoms with Crippen LogP contribution in [0.2, 0.25) is 0 Å². The summed E-state index contributed by atoms with van der Waals surface area (Å²) in [5, 5.41) is 14.4. The smallest absolute Gasteiger partial charge is 0.203 e. The number of hydrogen-bond donors (Lipinski definition) is 3. The standard InChI is InChI=1S/C22H21N3O4/c1-27-19-9-13(10-20(28-2)22(19)29-3)21(25-26)18-8-14(11-23-18)16-12-24-17-7-5-4-6-15(16)17/h4-12,23-24,26H,1-3H3. The fourth-order valence-electron chi connectivity index (χ4n) is 3.48. The Morgan fingerprint density at radius 1 is 0.897 bits per heavy atom. The van der Waals surface area contributed by atoms with E-state index in [0.717, 1.165) is 22.0 Å². The van der Waals surface area contributed by atoms with Crippen molar-refractivity contribution in [2.45, 2.75) is 0 Å². The number of aromatic nitrogens is 2. The summed E-state index contributed by atoms with van der Waals surface area (Å²) in [4.78, 5) is 6.47. The molecule has 4 aromatic rings. The molecule has 0 spiro atoms. The largest absolute Gasteiger partial charge is 0.493 e. The van der Waals surface area contributed by atoms with Crippen LogP contribution in [0.4, 0.5) is 0 Å². The highest BCUT2D eigenvalue weighted by molar-refractivity contribution is 6.13. The van der Waals surface area contributed by atoms with E-state index in [0.29, 0.717) is 34.2 Å². The number of ether oxygens (including phenoxy) is 3. The van der Waals surface area contributed by atoms with E-state index in [1.165, 1.54) is 0 Å². The fraction of sp³-hybridized carbons (Fsp3) is 0.136. The van der Waals surface area contributed by atoms with Crippen molar-refractivity contribution in [2.24, 2.45) is 5.16 Å². The molecule has 29 heavy (non-hydrogen) atoms. The molecule has 0 aliphatic heterocycles. The van der Waals surface area contributed by atoms with Gasteiger partial charge in [0.2, 0.25) is 5.75 Å². The molecule has 0 fully saturated rings. The molecule has 7 nitrogen and oxygen atoms in total. The van der Waals surface area contributed by atoms with E-state index in [4.69, 9.17) is 14.2 Å². The lowest BCUT2D eigenvalue weighted by Crippen LogP contribution is -2.06. The van der Waals surface area contributed by atoms with Crippen LogP contribution in [-0.4, -0.2) is 42.2 Å². The summed E-state index contributed by atoms with van der Waals surface area (Å²) in [7, 11) is 4.63. The summed E-state index contributed by atoms with van der Waals surface area (Å²) in [5.41, 5.74) is 4.73. The van der Waals surface area contributed by atoms with E-state index < -0.39 is 0 Å². The van der Waals surface area contributed by atoms with Crippen LogP contribution in [0.25, 0.3) is 22.0 Å². The molecule has 0 amide bonds. The molecule has 0 aliphatic rings. The maximum Gasteiger partial charge on any atom is 0.203 e. The van der Waals surface area contributed by atoms with Gasteiger partial charge in [0.05, 0.1) is 27.0 Å². The Bertz CT molecular complexity index is 1160. The zero-order valence-electron chi connectivity index (χ0n) is 16.3. The second kappa shape index (κ2) is 7.63. The van der Waals surface area contributed by atoms with Gasteiger partial charge in [-0.25, -0.2) is 0 Å². The molecular weight excluding hydrogens is 370 g/mol. The number of nitrogens with one attached hydrogen (secondary N) is 2. The Kier molecular flexibility index (Phi) is 4.87. The van der Waals surface area contributed by atoms with Gasteiger partial charge in [-0.05, 0) is 24.3 Å². The predicted molar refractivity (Wildman–Crippen MR) is 112 cm³/mol. The number of rotatable bonds is 6. The van der Waals surface area contributed by atoms with Gasteiger partial charge >= 0.3 is 0 Å². The van der Waals surface area contributed by atoms with E-state index in [1.807, 2.05) is 36.7 Å². The molecule has 0 aliphatic carbocycles. The van der Waals surface area contributed by atoms with Crippen molar-refractivity contribution >= 4 is 16.6 Å². The quantitative estimate of drug-likeness (QED) is 0.258. The first kappa shape index (κ1) is 18.5. The molecular formula is C22H21N3O4. The van der Waals surface area contributed by atoms with Crippen LogP contribution in [0.1, 0.15) is 11.3 Å². The zero-order valence-corrected chi connectivity index (χ0v) is 16.3. The second-order valence-corrected chi connectivity index (χ2v) is 6.41. The van der Waals surface area contributed by atoms with Gasteiger partial charge in [0.15, 0.2) is 11.5 Å². The average molecular weight is 391 g/mol. The molecule has 148 valence electrons. The van der Waals surface area contributed by atoms with Crippen LogP contribution in [0.5, 0.6) is 17.2 Å². The third-order valence-electron chi connectivity index (χ3n) is 4.88. The van der Waals surface area contributed by atoms with Gasteiger partial charge in [-0.15, -0.1) is 0 Å². The summed E-state index contributed by atoms with van der Waals surface area (Å²) >= 11 is 0. The van der Waals surface area contributed by atoms with Crippen LogP contribution in [-0.2, 0) is 0 Å². The predicted octanol–water partition coefficient (Wildman–Crippen LogP) is 4.42. The van der Waals surface area contributed by atoms with Crippen LogP contribution >= 0.6 is 0 Å². The minimum absolute atomic E-state index is 0.357. The van der Waals surface area contributed by atoms with E-state index in [2.05, 4.69) is 21.2 Å². The summed E-state index contributed by atoms with van der Waals surface area (Å²) in [6.07, 6.45) is 3.85. The zero-order chi connectivity index (χ0) is 20.4. The number of H-pyrrole nitrogens is 2. The molecule has 0 radical (unpaired) electrons. The third-order valence-corrected chi connectivity index (χ3v) is 4.88. The maximum absolute atomic E-state index is 9.75. The number of oxime groups is 1. The maximum atomic E-state index is 9.75. The molecule has 2 aromatic heterocycles. The average Bonchev–Trinajstić information content (AvgIpc) is 3.40. The third kappa shape index (κ3) is 3.16. The van der Waals surface area contributed by atoms with E-state index in [-0.39, 0.29) is 0 Å². The molecule has 2 heterocycles. The van der Waals surface area contributed by atoms with Gasteiger partial charge < -0.3 is 29.4 Å². The van der Waals surface area contributed by atoms with Crippen LogP contribution in [0.15, 0.2) is 60.0 Å². The van der Waals surface area contributed by atoms with E-state index >= 15 is 0 Å². The molecule has 3 N–H and O–H groups in total. The minimum Gasteiger partial charge on any atom is -0.493 e. The Morgan fingerprint density at radius 3 is 2.28 bits per heavy atom. The highest BCUT2D eigenvalue weighted by atomic mass is 16.5. The molecule has 7 heteroatoms. The van der Waals surface area contributed by atoms with Gasteiger partial charge in [-0.3, -0.25) is 0 Å². The van der Waals surface area contributed by atoms with Gasteiger partial charge in [0.1, 0.15) is 5.71 Å². The number of hydrogen-bond acceptors (Lipinski definition) is 5.